The molecule has 0 bridgehead atoms. The number of hydrogen-bond acceptors (Lipinski definition) is 3. The summed E-state index contributed by atoms with van der Waals surface area (Å²) >= 11 is 0. The predicted octanol–water partition coefficient (Wildman–Crippen LogP) is 4.01. The van der Waals surface area contributed by atoms with Gasteiger partial charge in [0.15, 0.2) is 0 Å². The first-order valence-electron chi connectivity index (χ1n) is 8.12. The van der Waals surface area contributed by atoms with Gasteiger partial charge in [0.25, 0.3) is 0 Å². The monoisotopic (exact) mass is 293 g/mol. The second-order valence-corrected chi connectivity index (χ2v) is 5.76. The third-order valence-electron chi connectivity index (χ3n) is 4.30. The fourth-order valence-corrected chi connectivity index (χ4v) is 2.64. The maximum absolute atomic E-state index is 9.77. The van der Waals surface area contributed by atoms with Crippen LogP contribution in [-0.4, -0.2) is 30.2 Å². The van der Waals surface area contributed by atoms with Crippen molar-refractivity contribution in [3.8, 4) is 5.75 Å². The highest BCUT2D eigenvalue weighted by Gasteiger charge is 2.14. The quantitative estimate of drug-likeness (QED) is 0.747. The molecular weight excluding hydrogens is 262 g/mol. The summed E-state index contributed by atoms with van der Waals surface area (Å²) in [5.41, 5.74) is 2.10. The number of ether oxygens (including phenoxy) is 1. The van der Waals surface area contributed by atoms with Crippen molar-refractivity contribution in [3.63, 3.8) is 0 Å². The molecule has 0 aromatic heterocycles. The lowest BCUT2D eigenvalue weighted by Crippen LogP contribution is -2.29. The van der Waals surface area contributed by atoms with E-state index in [1.165, 1.54) is 12.8 Å². The van der Waals surface area contributed by atoms with Gasteiger partial charge in [-0.3, -0.25) is 4.90 Å². The Morgan fingerprint density at radius 3 is 2.33 bits per heavy atom. The molecule has 1 aromatic carbocycles. The lowest BCUT2D eigenvalue weighted by molar-refractivity contribution is 0.198. The summed E-state index contributed by atoms with van der Waals surface area (Å²) in [6.45, 7) is 11.5. The first-order valence-corrected chi connectivity index (χ1v) is 8.12. The summed E-state index contributed by atoms with van der Waals surface area (Å²) in [4.78, 5) is 2.46. The number of aliphatic hydroxyl groups is 1. The second kappa shape index (κ2) is 9.06. The van der Waals surface area contributed by atoms with E-state index in [4.69, 9.17) is 4.74 Å². The lowest BCUT2D eigenvalue weighted by atomic mass is 10.0. The summed E-state index contributed by atoms with van der Waals surface area (Å²) in [6, 6.07) is 5.96. The van der Waals surface area contributed by atoms with Crippen LogP contribution in [0.3, 0.4) is 0 Å². The zero-order chi connectivity index (χ0) is 15.8. The largest absolute Gasteiger partial charge is 0.496 e. The van der Waals surface area contributed by atoms with Gasteiger partial charge in [0, 0.05) is 18.7 Å². The SMILES string of the molecule is CCC(CC)CN(CC)Cc1cc(C(C)O)ccc1OC. The Labute approximate surface area is 129 Å². The van der Waals surface area contributed by atoms with Crippen LogP contribution in [0.5, 0.6) is 5.75 Å². The third kappa shape index (κ3) is 5.33. The summed E-state index contributed by atoms with van der Waals surface area (Å²) in [7, 11) is 1.71. The van der Waals surface area contributed by atoms with Gasteiger partial charge >= 0.3 is 0 Å². The van der Waals surface area contributed by atoms with E-state index in [-0.39, 0.29) is 0 Å². The highest BCUT2D eigenvalue weighted by atomic mass is 16.5. The van der Waals surface area contributed by atoms with E-state index < -0.39 is 6.10 Å². The molecule has 0 saturated carbocycles. The van der Waals surface area contributed by atoms with Crippen LogP contribution in [0, 0.1) is 5.92 Å². The molecule has 1 aromatic rings. The molecule has 0 saturated heterocycles. The Bertz CT molecular complexity index is 414. The van der Waals surface area contributed by atoms with Crippen molar-refractivity contribution in [2.24, 2.45) is 5.92 Å². The predicted molar refractivity (Wildman–Crippen MR) is 88.7 cm³/mol. The fraction of sp³-hybridized carbons (Fsp3) is 0.667. The molecule has 21 heavy (non-hydrogen) atoms. The molecule has 1 atom stereocenters. The van der Waals surface area contributed by atoms with Gasteiger partial charge in [-0.15, -0.1) is 0 Å². The Morgan fingerprint density at radius 1 is 1.19 bits per heavy atom. The Balaban J connectivity index is 2.89. The summed E-state index contributed by atoms with van der Waals surface area (Å²) in [5.74, 6) is 1.65. The van der Waals surface area contributed by atoms with Crippen molar-refractivity contribution in [2.45, 2.75) is 53.2 Å². The zero-order valence-corrected chi connectivity index (χ0v) is 14.2. The molecule has 0 radical (unpaired) electrons. The molecule has 0 aliphatic rings. The van der Waals surface area contributed by atoms with Crippen molar-refractivity contribution < 1.29 is 9.84 Å². The highest BCUT2D eigenvalue weighted by Crippen LogP contribution is 2.25. The van der Waals surface area contributed by atoms with E-state index >= 15 is 0 Å². The van der Waals surface area contributed by atoms with Crippen molar-refractivity contribution in [1.29, 1.82) is 0 Å². The Kier molecular flexibility index (Phi) is 7.76. The van der Waals surface area contributed by atoms with Crippen LogP contribution in [0.15, 0.2) is 18.2 Å². The minimum Gasteiger partial charge on any atom is -0.496 e. The smallest absolute Gasteiger partial charge is 0.123 e. The van der Waals surface area contributed by atoms with Gasteiger partial charge in [0.1, 0.15) is 5.75 Å². The Hall–Kier alpha value is -1.06. The number of aliphatic hydroxyl groups excluding tert-OH is 1. The van der Waals surface area contributed by atoms with Crippen LogP contribution >= 0.6 is 0 Å². The topological polar surface area (TPSA) is 32.7 Å². The van der Waals surface area contributed by atoms with Crippen molar-refractivity contribution in [3.05, 3.63) is 29.3 Å². The molecule has 0 amide bonds. The molecule has 0 aliphatic heterocycles. The maximum Gasteiger partial charge on any atom is 0.123 e. The minimum atomic E-state index is -0.441. The standard InChI is InChI=1S/C18H31NO2/c1-6-15(7-2)12-19(8-3)13-17-11-16(14(4)20)9-10-18(17)21-5/h9-11,14-15,20H,6-8,12-13H2,1-5H3. The number of rotatable bonds is 9. The minimum absolute atomic E-state index is 0.441. The highest BCUT2D eigenvalue weighted by molar-refractivity contribution is 5.38. The summed E-state index contributed by atoms with van der Waals surface area (Å²) in [6.07, 6.45) is 2.00. The van der Waals surface area contributed by atoms with Gasteiger partial charge in [-0.2, -0.15) is 0 Å². The summed E-state index contributed by atoms with van der Waals surface area (Å²) in [5, 5.41) is 9.77. The Morgan fingerprint density at radius 2 is 1.86 bits per heavy atom. The normalized spacial score (nSPS) is 13.0. The lowest BCUT2D eigenvalue weighted by Gasteiger charge is -2.26. The van der Waals surface area contributed by atoms with Crippen LogP contribution < -0.4 is 4.74 Å². The molecule has 1 N–H and O–H groups in total. The van der Waals surface area contributed by atoms with Gasteiger partial charge in [0.05, 0.1) is 13.2 Å². The molecular formula is C18H31NO2. The summed E-state index contributed by atoms with van der Waals surface area (Å²) < 4.78 is 5.47. The molecule has 0 spiro atoms. The fourth-order valence-electron chi connectivity index (χ4n) is 2.64. The van der Waals surface area contributed by atoms with E-state index in [1.807, 2.05) is 12.1 Å². The van der Waals surface area contributed by atoms with Crippen molar-refractivity contribution in [1.82, 2.24) is 4.90 Å². The second-order valence-electron chi connectivity index (χ2n) is 5.76. The van der Waals surface area contributed by atoms with Gasteiger partial charge in [-0.1, -0.05) is 39.7 Å². The van der Waals surface area contributed by atoms with Crippen molar-refractivity contribution >= 4 is 0 Å². The van der Waals surface area contributed by atoms with Gasteiger partial charge < -0.3 is 9.84 Å². The molecule has 0 fully saturated rings. The molecule has 120 valence electrons. The van der Waals surface area contributed by atoms with Gasteiger partial charge in [-0.05, 0) is 37.1 Å². The number of nitrogens with zero attached hydrogens (tertiary/aromatic N) is 1. The number of benzene rings is 1. The van der Waals surface area contributed by atoms with Crippen molar-refractivity contribution in [2.75, 3.05) is 20.2 Å². The molecule has 0 aliphatic carbocycles. The number of methoxy groups -OCH3 is 1. The first kappa shape index (κ1) is 18.0. The average molecular weight is 293 g/mol. The maximum atomic E-state index is 9.77. The molecule has 3 heteroatoms. The van der Waals surface area contributed by atoms with Crippen LogP contribution in [0.1, 0.15) is 57.8 Å². The van der Waals surface area contributed by atoms with Crippen LogP contribution in [-0.2, 0) is 6.54 Å². The molecule has 0 heterocycles. The van der Waals surface area contributed by atoms with E-state index in [9.17, 15) is 5.11 Å². The van der Waals surface area contributed by atoms with E-state index in [2.05, 4.69) is 31.7 Å². The molecule has 3 nitrogen and oxygen atoms in total. The first-order chi connectivity index (χ1) is 10.0. The third-order valence-corrected chi connectivity index (χ3v) is 4.30. The van der Waals surface area contributed by atoms with Crippen LogP contribution in [0.25, 0.3) is 0 Å². The molecule has 1 unspecified atom stereocenters. The molecule has 1 rings (SSSR count). The zero-order valence-electron chi connectivity index (χ0n) is 14.2. The average Bonchev–Trinajstić information content (AvgIpc) is 2.50. The van der Waals surface area contributed by atoms with Gasteiger partial charge in [-0.25, -0.2) is 0 Å². The van der Waals surface area contributed by atoms with E-state index in [1.54, 1.807) is 14.0 Å². The van der Waals surface area contributed by atoms with E-state index in [0.29, 0.717) is 0 Å². The van der Waals surface area contributed by atoms with Gasteiger partial charge in [0.2, 0.25) is 0 Å². The van der Waals surface area contributed by atoms with Crippen LogP contribution in [0.2, 0.25) is 0 Å². The number of hydrogen-bond donors (Lipinski definition) is 1. The van der Waals surface area contributed by atoms with E-state index in [0.717, 1.165) is 42.4 Å². The van der Waals surface area contributed by atoms with Crippen LogP contribution in [0.4, 0.5) is 0 Å².